The van der Waals surface area contributed by atoms with Crippen molar-refractivity contribution in [2.45, 2.75) is 26.2 Å². The topological polar surface area (TPSA) is 3.24 Å². The van der Waals surface area contributed by atoms with Crippen molar-refractivity contribution < 1.29 is 0 Å². The van der Waals surface area contributed by atoms with Gasteiger partial charge in [-0.25, -0.2) is 0 Å². The highest BCUT2D eigenvalue weighted by Gasteiger charge is 1.92. The zero-order valence-electron chi connectivity index (χ0n) is 9.88. The van der Waals surface area contributed by atoms with Crippen LogP contribution in [0.15, 0.2) is 24.3 Å². The highest BCUT2D eigenvalue weighted by atomic mass is 15.1. The monoisotopic (exact) mass is 201 g/mol. The summed E-state index contributed by atoms with van der Waals surface area (Å²) in [5, 5.41) is 0. The van der Waals surface area contributed by atoms with Crippen LogP contribution in [0.2, 0.25) is 0 Å². The molecule has 0 radical (unpaired) electrons. The molecule has 0 saturated heterocycles. The number of hydrogen-bond acceptors (Lipinski definition) is 1. The zero-order chi connectivity index (χ0) is 11.1. The Bertz CT molecular complexity index is 338. The SMILES string of the molecule is CCCCC#Cc1ccc(N(C)C)cc1. The molecule has 80 valence electrons. The third kappa shape index (κ3) is 4.08. The van der Waals surface area contributed by atoms with Crippen LogP contribution in [0.1, 0.15) is 31.7 Å². The highest BCUT2D eigenvalue weighted by molar-refractivity contribution is 5.49. The smallest absolute Gasteiger partial charge is 0.0361 e. The van der Waals surface area contributed by atoms with Crippen LogP contribution in [0.4, 0.5) is 5.69 Å². The number of anilines is 1. The number of benzene rings is 1. The summed E-state index contributed by atoms with van der Waals surface area (Å²) in [6.07, 6.45) is 3.42. The molecular weight excluding hydrogens is 182 g/mol. The average molecular weight is 201 g/mol. The van der Waals surface area contributed by atoms with E-state index < -0.39 is 0 Å². The Morgan fingerprint density at radius 1 is 1.13 bits per heavy atom. The quantitative estimate of drug-likeness (QED) is 0.536. The molecule has 0 aliphatic carbocycles. The predicted octanol–water partition coefficient (Wildman–Crippen LogP) is 3.29. The minimum Gasteiger partial charge on any atom is -0.378 e. The van der Waals surface area contributed by atoms with E-state index >= 15 is 0 Å². The Kier molecular flexibility index (Phi) is 4.77. The van der Waals surface area contributed by atoms with E-state index in [1.165, 1.54) is 18.5 Å². The maximum atomic E-state index is 3.19. The molecule has 1 aromatic carbocycles. The van der Waals surface area contributed by atoms with Crippen molar-refractivity contribution in [1.82, 2.24) is 0 Å². The lowest BCUT2D eigenvalue weighted by Crippen LogP contribution is -2.07. The number of hydrogen-bond donors (Lipinski definition) is 0. The summed E-state index contributed by atoms with van der Waals surface area (Å²) in [7, 11) is 4.09. The van der Waals surface area contributed by atoms with E-state index in [4.69, 9.17) is 0 Å². The molecule has 1 heteroatoms. The molecule has 1 rings (SSSR count). The van der Waals surface area contributed by atoms with Gasteiger partial charge in [-0.15, -0.1) is 0 Å². The summed E-state index contributed by atoms with van der Waals surface area (Å²) in [5.74, 6) is 6.36. The van der Waals surface area contributed by atoms with Crippen LogP contribution in [0.3, 0.4) is 0 Å². The second-order valence-electron chi connectivity index (χ2n) is 3.85. The van der Waals surface area contributed by atoms with E-state index in [2.05, 4.69) is 47.9 Å². The standard InChI is InChI=1S/C14H19N/c1-4-5-6-7-8-13-9-11-14(12-10-13)15(2)3/h9-12H,4-6H2,1-3H3. The van der Waals surface area contributed by atoms with Gasteiger partial charge in [0.15, 0.2) is 0 Å². The summed E-state index contributed by atoms with van der Waals surface area (Å²) in [6, 6.07) is 8.36. The molecule has 0 aliphatic rings. The van der Waals surface area contributed by atoms with Crippen LogP contribution in [-0.4, -0.2) is 14.1 Å². The Labute approximate surface area is 93.1 Å². The Hall–Kier alpha value is -1.42. The molecule has 0 saturated carbocycles. The predicted molar refractivity (Wildman–Crippen MR) is 67.2 cm³/mol. The molecule has 1 aromatic rings. The summed E-state index contributed by atoms with van der Waals surface area (Å²) in [6.45, 7) is 2.19. The summed E-state index contributed by atoms with van der Waals surface area (Å²) >= 11 is 0. The first kappa shape index (κ1) is 11.7. The Balaban J connectivity index is 2.59. The summed E-state index contributed by atoms with van der Waals surface area (Å²) in [4.78, 5) is 2.09. The van der Waals surface area contributed by atoms with Crippen LogP contribution < -0.4 is 4.90 Å². The van der Waals surface area contributed by atoms with Gasteiger partial charge in [-0.2, -0.15) is 0 Å². The Morgan fingerprint density at radius 2 is 1.80 bits per heavy atom. The minimum absolute atomic E-state index is 1.01. The summed E-state index contributed by atoms with van der Waals surface area (Å²) < 4.78 is 0. The van der Waals surface area contributed by atoms with Gasteiger partial charge in [-0.05, 0) is 30.7 Å². The van der Waals surface area contributed by atoms with Crippen LogP contribution >= 0.6 is 0 Å². The lowest BCUT2D eigenvalue weighted by atomic mass is 10.2. The van der Waals surface area contributed by atoms with E-state index in [1.54, 1.807) is 0 Å². The molecule has 0 amide bonds. The fourth-order valence-electron chi connectivity index (χ4n) is 1.27. The number of rotatable bonds is 3. The van der Waals surface area contributed by atoms with Gasteiger partial charge in [-0.3, -0.25) is 0 Å². The van der Waals surface area contributed by atoms with E-state index in [0.717, 1.165) is 12.0 Å². The van der Waals surface area contributed by atoms with Gasteiger partial charge in [0, 0.05) is 31.8 Å². The fraction of sp³-hybridized carbons (Fsp3) is 0.429. The van der Waals surface area contributed by atoms with E-state index in [-0.39, 0.29) is 0 Å². The van der Waals surface area contributed by atoms with Gasteiger partial charge in [0.25, 0.3) is 0 Å². The maximum Gasteiger partial charge on any atom is 0.0361 e. The maximum absolute atomic E-state index is 3.19. The van der Waals surface area contributed by atoms with Gasteiger partial charge in [0.1, 0.15) is 0 Å². The number of nitrogens with zero attached hydrogens (tertiary/aromatic N) is 1. The molecule has 0 unspecified atom stereocenters. The molecule has 0 spiro atoms. The third-order valence-corrected chi connectivity index (χ3v) is 2.27. The second-order valence-corrected chi connectivity index (χ2v) is 3.85. The van der Waals surface area contributed by atoms with Crippen LogP contribution in [-0.2, 0) is 0 Å². The molecular formula is C14H19N. The first-order chi connectivity index (χ1) is 7.24. The van der Waals surface area contributed by atoms with E-state index in [9.17, 15) is 0 Å². The molecule has 0 N–H and O–H groups in total. The lowest BCUT2D eigenvalue weighted by molar-refractivity contribution is 0.828. The molecule has 0 heterocycles. The molecule has 0 atom stereocenters. The largest absolute Gasteiger partial charge is 0.378 e. The van der Waals surface area contributed by atoms with Gasteiger partial charge in [0.05, 0.1) is 0 Å². The van der Waals surface area contributed by atoms with Crippen molar-refractivity contribution in [2.24, 2.45) is 0 Å². The molecule has 0 aromatic heterocycles. The van der Waals surface area contributed by atoms with Gasteiger partial charge in [0.2, 0.25) is 0 Å². The van der Waals surface area contributed by atoms with E-state index in [0.29, 0.717) is 0 Å². The highest BCUT2D eigenvalue weighted by Crippen LogP contribution is 2.11. The van der Waals surface area contributed by atoms with Gasteiger partial charge < -0.3 is 4.90 Å². The van der Waals surface area contributed by atoms with Crippen molar-refractivity contribution in [3.05, 3.63) is 29.8 Å². The van der Waals surface area contributed by atoms with Crippen LogP contribution in [0.5, 0.6) is 0 Å². The first-order valence-electron chi connectivity index (χ1n) is 5.50. The van der Waals surface area contributed by atoms with Crippen LogP contribution in [0, 0.1) is 11.8 Å². The van der Waals surface area contributed by atoms with Gasteiger partial charge in [-0.1, -0.05) is 25.2 Å². The van der Waals surface area contributed by atoms with Crippen molar-refractivity contribution >= 4 is 5.69 Å². The molecule has 0 fully saturated rings. The molecule has 15 heavy (non-hydrogen) atoms. The third-order valence-electron chi connectivity index (χ3n) is 2.27. The minimum atomic E-state index is 1.01. The van der Waals surface area contributed by atoms with E-state index in [1.807, 2.05) is 14.1 Å². The van der Waals surface area contributed by atoms with Crippen molar-refractivity contribution in [2.75, 3.05) is 19.0 Å². The zero-order valence-corrected chi connectivity index (χ0v) is 9.88. The molecule has 0 bridgehead atoms. The van der Waals surface area contributed by atoms with Gasteiger partial charge >= 0.3 is 0 Å². The fourth-order valence-corrected chi connectivity index (χ4v) is 1.27. The van der Waals surface area contributed by atoms with Crippen molar-refractivity contribution in [3.8, 4) is 11.8 Å². The summed E-state index contributed by atoms with van der Waals surface area (Å²) in [5.41, 5.74) is 2.32. The van der Waals surface area contributed by atoms with Crippen molar-refractivity contribution in [3.63, 3.8) is 0 Å². The average Bonchev–Trinajstić information content (AvgIpc) is 2.25. The van der Waals surface area contributed by atoms with Crippen molar-refractivity contribution in [1.29, 1.82) is 0 Å². The normalized spacial score (nSPS) is 9.27. The molecule has 0 aliphatic heterocycles. The second kappa shape index (κ2) is 6.14. The van der Waals surface area contributed by atoms with Crippen LogP contribution in [0.25, 0.3) is 0 Å². The first-order valence-corrected chi connectivity index (χ1v) is 5.50. The Morgan fingerprint density at radius 3 is 2.33 bits per heavy atom. The molecule has 1 nitrogen and oxygen atoms in total. The lowest BCUT2D eigenvalue weighted by Gasteiger charge is -2.11. The number of unbranched alkanes of at least 4 members (excludes halogenated alkanes) is 2.